The fourth-order valence-electron chi connectivity index (χ4n) is 2.98. The van der Waals surface area contributed by atoms with E-state index in [1.807, 2.05) is 36.9 Å². The highest BCUT2D eigenvalue weighted by Crippen LogP contribution is 2.30. The fourth-order valence-corrected chi connectivity index (χ4v) is 2.98. The normalized spacial score (nSPS) is 17.1. The summed E-state index contributed by atoms with van der Waals surface area (Å²) in [5.74, 6) is 1.90. The van der Waals surface area contributed by atoms with E-state index in [1.165, 1.54) is 0 Å². The van der Waals surface area contributed by atoms with Gasteiger partial charge in [0.05, 0.1) is 12.6 Å². The third-order valence-corrected chi connectivity index (χ3v) is 4.00. The van der Waals surface area contributed by atoms with Crippen LogP contribution in [0.15, 0.2) is 24.5 Å². The molecule has 0 aromatic carbocycles. The van der Waals surface area contributed by atoms with Gasteiger partial charge in [-0.15, -0.1) is 0 Å². The Labute approximate surface area is 147 Å². The Bertz CT molecular complexity index is 735. The number of likely N-dealkylation sites (tertiary alicyclic amines) is 1. The Hall–Kier alpha value is -2.61. The number of rotatable bonds is 5. The van der Waals surface area contributed by atoms with Gasteiger partial charge in [0.2, 0.25) is 11.9 Å². The summed E-state index contributed by atoms with van der Waals surface area (Å²) in [6, 6.07) is 3.53. The van der Waals surface area contributed by atoms with Crippen molar-refractivity contribution in [3.63, 3.8) is 0 Å². The van der Waals surface area contributed by atoms with Crippen molar-refractivity contribution in [2.45, 2.75) is 25.8 Å². The second-order valence-corrected chi connectivity index (χ2v) is 6.43. The standard InChI is InChI=1S/C17H23N7O/c1-12-10-14(22-17-18-7-5-8-19-17)21-16(20-12)13-6-4-9-24(13)15(25)11-23(2)3/h5,7-8,10,13H,4,6,9,11H2,1-3H3,(H,18,19,20,21,22). The number of carbonyl (C=O) groups is 1. The van der Waals surface area contributed by atoms with Crippen LogP contribution in [0, 0.1) is 6.92 Å². The first-order valence-electron chi connectivity index (χ1n) is 8.37. The van der Waals surface area contributed by atoms with E-state index in [0.717, 1.165) is 25.1 Å². The average molecular weight is 341 g/mol. The van der Waals surface area contributed by atoms with E-state index in [-0.39, 0.29) is 11.9 Å². The van der Waals surface area contributed by atoms with Crippen LogP contribution in [0.1, 0.15) is 30.4 Å². The zero-order valence-electron chi connectivity index (χ0n) is 14.8. The van der Waals surface area contributed by atoms with Crippen molar-refractivity contribution in [1.82, 2.24) is 29.7 Å². The minimum atomic E-state index is -0.0791. The molecule has 1 aliphatic heterocycles. The molecule has 0 aliphatic carbocycles. The zero-order valence-corrected chi connectivity index (χ0v) is 14.8. The summed E-state index contributed by atoms with van der Waals surface area (Å²) in [6.07, 6.45) is 5.18. The van der Waals surface area contributed by atoms with E-state index < -0.39 is 0 Å². The summed E-state index contributed by atoms with van der Waals surface area (Å²) in [5, 5.41) is 3.10. The summed E-state index contributed by atoms with van der Waals surface area (Å²) < 4.78 is 0. The van der Waals surface area contributed by atoms with Crippen LogP contribution >= 0.6 is 0 Å². The first-order chi connectivity index (χ1) is 12.0. The van der Waals surface area contributed by atoms with E-state index >= 15 is 0 Å². The third-order valence-electron chi connectivity index (χ3n) is 4.00. The Morgan fingerprint density at radius 3 is 2.80 bits per heavy atom. The highest BCUT2D eigenvalue weighted by Gasteiger charge is 2.32. The van der Waals surface area contributed by atoms with Gasteiger partial charge >= 0.3 is 0 Å². The van der Waals surface area contributed by atoms with Crippen molar-refractivity contribution in [1.29, 1.82) is 0 Å². The quantitative estimate of drug-likeness (QED) is 0.882. The molecule has 1 fully saturated rings. The Balaban J connectivity index is 1.82. The van der Waals surface area contributed by atoms with Crippen LogP contribution in [0.5, 0.6) is 0 Å². The van der Waals surface area contributed by atoms with Gasteiger partial charge in [-0.05, 0) is 39.9 Å². The van der Waals surface area contributed by atoms with Crippen LogP contribution in [0.3, 0.4) is 0 Å². The Morgan fingerprint density at radius 2 is 2.08 bits per heavy atom. The molecule has 1 saturated heterocycles. The van der Waals surface area contributed by atoms with Crippen LogP contribution in [-0.4, -0.2) is 62.8 Å². The predicted octanol–water partition coefficient (Wildman–Crippen LogP) is 1.54. The smallest absolute Gasteiger partial charge is 0.237 e. The van der Waals surface area contributed by atoms with Crippen molar-refractivity contribution in [3.8, 4) is 0 Å². The highest BCUT2D eigenvalue weighted by molar-refractivity contribution is 5.79. The summed E-state index contributed by atoms with van der Waals surface area (Å²) >= 11 is 0. The minimum Gasteiger partial charge on any atom is -0.331 e. The molecule has 1 atom stereocenters. The summed E-state index contributed by atoms with van der Waals surface area (Å²) in [5.41, 5.74) is 0.843. The molecule has 3 rings (SSSR count). The molecule has 2 aromatic heterocycles. The first kappa shape index (κ1) is 17.2. The largest absolute Gasteiger partial charge is 0.331 e. The average Bonchev–Trinajstić information content (AvgIpc) is 3.04. The van der Waals surface area contributed by atoms with Gasteiger partial charge in [0, 0.05) is 30.7 Å². The molecule has 1 aliphatic rings. The summed E-state index contributed by atoms with van der Waals surface area (Å²) in [6.45, 7) is 3.06. The fraction of sp³-hybridized carbons (Fsp3) is 0.471. The number of aryl methyl sites for hydroxylation is 1. The number of anilines is 2. The van der Waals surface area contributed by atoms with Crippen LogP contribution in [0.4, 0.5) is 11.8 Å². The lowest BCUT2D eigenvalue weighted by Crippen LogP contribution is -2.37. The molecule has 0 saturated carbocycles. The van der Waals surface area contributed by atoms with Gasteiger partial charge in [-0.3, -0.25) is 4.79 Å². The van der Waals surface area contributed by atoms with Gasteiger partial charge in [0.25, 0.3) is 0 Å². The predicted molar refractivity (Wildman–Crippen MR) is 94.3 cm³/mol. The first-order valence-corrected chi connectivity index (χ1v) is 8.37. The molecule has 132 valence electrons. The number of hydrogen-bond acceptors (Lipinski definition) is 7. The third kappa shape index (κ3) is 4.27. The lowest BCUT2D eigenvalue weighted by atomic mass is 10.2. The second-order valence-electron chi connectivity index (χ2n) is 6.43. The molecular weight excluding hydrogens is 318 g/mol. The molecule has 0 spiro atoms. The van der Waals surface area contributed by atoms with E-state index in [1.54, 1.807) is 18.5 Å². The maximum absolute atomic E-state index is 12.5. The SMILES string of the molecule is Cc1cc(Nc2ncccn2)nc(C2CCCN2C(=O)CN(C)C)n1. The lowest BCUT2D eigenvalue weighted by molar-refractivity contribution is -0.132. The van der Waals surface area contributed by atoms with E-state index in [0.29, 0.717) is 24.1 Å². The van der Waals surface area contributed by atoms with Crippen molar-refractivity contribution >= 4 is 17.7 Å². The maximum atomic E-state index is 12.5. The molecule has 2 aromatic rings. The number of aromatic nitrogens is 4. The van der Waals surface area contributed by atoms with Crippen molar-refractivity contribution in [3.05, 3.63) is 36.0 Å². The van der Waals surface area contributed by atoms with Gasteiger partial charge in [-0.25, -0.2) is 19.9 Å². The number of carbonyl (C=O) groups excluding carboxylic acids is 1. The Morgan fingerprint density at radius 1 is 1.32 bits per heavy atom. The molecule has 0 bridgehead atoms. The van der Waals surface area contributed by atoms with Gasteiger partial charge < -0.3 is 15.1 Å². The monoisotopic (exact) mass is 341 g/mol. The van der Waals surface area contributed by atoms with Crippen LogP contribution in [0.2, 0.25) is 0 Å². The van der Waals surface area contributed by atoms with E-state index in [2.05, 4.69) is 25.3 Å². The Kier molecular flexibility index (Phi) is 5.18. The second kappa shape index (κ2) is 7.52. The highest BCUT2D eigenvalue weighted by atomic mass is 16.2. The van der Waals surface area contributed by atoms with Crippen LogP contribution in [-0.2, 0) is 4.79 Å². The van der Waals surface area contributed by atoms with Crippen molar-refractivity contribution in [2.75, 3.05) is 32.5 Å². The number of hydrogen-bond donors (Lipinski definition) is 1. The summed E-state index contributed by atoms with van der Waals surface area (Å²) in [4.78, 5) is 33.8. The van der Waals surface area contributed by atoms with Crippen LogP contribution in [0.25, 0.3) is 0 Å². The summed E-state index contributed by atoms with van der Waals surface area (Å²) in [7, 11) is 3.79. The van der Waals surface area contributed by atoms with Crippen LogP contribution < -0.4 is 5.32 Å². The lowest BCUT2D eigenvalue weighted by Gasteiger charge is -2.25. The van der Waals surface area contributed by atoms with E-state index in [9.17, 15) is 4.79 Å². The van der Waals surface area contributed by atoms with Gasteiger partial charge in [0.1, 0.15) is 5.82 Å². The minimum absolute atomic E-state index is 0.0791. The van der Waals surface area contributed by atoms with Crippen molar-refractivity contribution in [2.24, 2.45) is 0 Å². The molecule has 25 heavy (non-hydrogen) atoms. The topological polar surface area (TPSA) is 87.1 Å². The molecule has 0 radical (unpaired) electrons. The molecule has 8 heteroatoms. The zero-order chi connectivity index (χ0) is 17.8. The molecule has 1 amide bonds. The molecule has 1 unspecified atom stereocenters. The number of nitrogens with one attached hydrogen (secondary N) is 1. The van der Waals surface area contributed by atoms with E-state index in [4.69, 9.17) is 0 Å². The van der Waals surface area contributed by atoms with Gasteiger partial charge in [-0.2, -0.15) is 0 Å². The molecule has 3 heterocycles. The molecular formula is C17H23N7O. The van der Waals surface area contributed by atoms with Gasteiger partial charge in [0.15, 0.2) is 5.82 Å². The van der Waals surface area contributed by atoms with Gasteiger partial charge in [-0.1, -0.05) is 0 Å². The number of likely N-dealkylation sites (N-methyl/N-ethyl adjacent to an activating group) is 1. The van der Waals surface area contributed by atoms with Crippen molar-refractivity contribution < 1.29 is 4.79 Å². The molecule has 8 nitrogen and oxygen atoms in total. The molecule has 1 N–H and O–H groups in total. The number of amides is 1. The number of nitrogens with zero attached hydrogens (tertiary/aromatic N) is 6. The maximum Gasteiger partial charge on any atom is 0.237 e.